The number of rotatable bonds is 7. The topological polar surface area (TPSA) is 81.5 Å². The summed E-state index contributed by atoms with van der Waals surface area (Å²) in [5.74, 6) is -0.964. The summed E-state index contributed by atoms with van der Waals surface area (Å²) in [6.45, 7) is 1.95. The average Bonchev–Trinajstić information content (AvgIpc) is 2.86. The van der Waals surface area contributed by atoms with Crippen LogP contribution in [0.5, 0.6) is 0 Å². The number of anilines is 1. The number of carbonyl (C=O) groups is 2. The van der Waals surface area contributed by atoms with Crippen LogP contribution >= 0.6 is 0 Å². The summed E-state index contributed by atoms with van der Waals surface area (Å²) in [6, 6.07) is 16.5. The Morgan fingerprint density at radius 1 is 1.00 bits per heavy atom. The number of carbonyl (C=O) groups excluding carboxylic acids is 2. The molecule has 0 bridgehead atoms. The molecular weight excluding hydrogens is 418 g/mol. The van der Waals surface area contributed by atoms with E-state index in [0.29, 0.717) is 23.7 Å². The highest BCUT2D eigenvalue weighted by Crippen LogP contribution is 2.27. The maximum atomic E-state index is 13.2. The third-order valence-electron chi connectivity index (χ3n) is 6.07. The fourth-order valence-corrected chi connectivity index (χ4v) is 4.50. The fraction of sp³-hybridized carbons (Fsp3) is 0.385. The summed E-state index contributed by atoms with van der Waals surface area (Å²) < 4.78 is 6.75. The van der Waals surface area contributed by atoms with E-state index < -0.39 is 5.97 Å². The van der Waals surface area contributed by atoms with E-state index in [9.17, 15) is 14.4 Å². The normalized spacial score (nSPS) is 14.2. The molecule has 3 aromatic rings. The van der Waals surface area contributed by atoms with Crippen LogP contribution in [0.1, 0.15) is 55.9 Å². The highest BCUT2D eigenvalue weighted by molar-refractivity contribution is 6.03. The number of ether oxygens (including phenoxy) is 1. The maximum Gasteiger partial charge on any atom is 0.359 e. The van der Waals surface area contributed by atoms with Crippen molar-refractivity contribution < 1.29 is 14.3 Å². The first-order valence-electron chi connectivity index (χ1n) is 11.6. The van der Waals surface area contributed by atoms with E-state index in [0.717, 1.165) is 31.4 Å². The van der Waals surface area contributed by atoms with Gasteiger partial charge in [0.05, 0.1) is 5.39 Å². The number of hydrogen-bond acceptors (Lipinski definition) is 5. The van der Waals surface area contributed by atoms with Gasteiger partial charge in [0.15, 0.2) is 12.3 Å². The third-order valence-corrected chi connectivity index (χ3v) is 6.07. The summed E-state index contributed by atoms with van der Waals surface area (Å²) in [4.78, 5) is 40.7. The Morgan fingerprint density at radius 2 is 1.67 bits per heavy atom. The van der Waals surface area contributed by atoms with Crippen LogP contribution in [0.4, 0.5) is 5.69 Å². The molecular formula is C26H29N3O4. The van der Waals surface area contributed by atoms with Gasteiger partial charge in [0.2, 0.25) is 0 Å². The fourth-order valence-electron chi connectivity index (χ4n) is 4.50. The van der Waals surface area contributed by atoms with Gasteiger partial charge in [-0.2, -0.15) is 5.10 Å². The number of benzene rings is 2. The van der Waals surface area contributed by atoms with E-state index >= 15 is 0 Å². The van der Waals surface area contributed by atoms with Gasteiger partial charge in [0.1, 0.15) is 0 Å². The molecule has 172 valence electrons. The van der Waals surface area contributed by atoms with Crippen LogP contribution in [0.2, 0.25) is 0 Å². The van der Waals surface area contributed by atoms with Gasteiger partial charge in [-0.25, -0.2) is 9.48 Å². The molecule has 1 aliphatic rings. The molecule has 1 fully saturated rings. The van der Waals surface area contributed by atoms with Crippen LogP contribution in [-0.4, -0.2) is 34.3 Å². The highest BCUT2D eigenvalue weighted by Gasteiger charge is 2.28. The molecule has 0 unspecified atom stereocenters. The zero-order chi connectivity index (χ0) is 23.2. The molecule has 0 radical (unpaired) electrons. The van der Waals surface area contributed by atoms with E-state index in [1.165, 1.54) is 11.1 Å². The standard InChI is InChI=1S/C26H29N3O4/c1-2-17-28-25(31)22-16-10-9-15-21(22)24(27-28)26(32)33-18-23(30)29(19-11-5-3-6-12-19)20-13-7-4-8-14-20/h3,5-6,9-12,15-16,20H,2,4,7-8,13-14,17-18H2,1H3. The van der Waals surface area contributed by atoms with Crippen molar-refractivity contribution in [3.63, 3.8) is 0 Å². The van der Waals surface area contributed by atoms with Crippen molar-refractivity contribution in [1.82, 2.24) is 9.78 Å². The van der Waals surface area contributed by atoms with Crippen LogP contribution < -0.4 is 10.5 Å². The minimum atomic E-state index is -0.707. The largest absolute Gasteiger partial charge is 0.451 e. The minimum Gasteiger partial charge on any atom is -0.451 e. The average molecular weight is 448 g/mol. The van der Waals surface area contributed by atoms with Crippen molar-refractivity contribution in [1.29, 1.82) is 0 Å². The monoisotopic (exact) mass is 447 g/mol. The first kappa shape index (κ1) is 22.7. The Kier molecular flexibility index (Phi) is 7.17. The molecule has 33 heavy (non-hydrogen) atoms. The number of amides is 1. The highest BCUT2D eigenvalue weighted by atomic mass is 16.5. The number of nitrogens with zero attached hydrogens (tertiary/aromatic N) is 3. The second-order valence-corrected chi connectivity index (χ2v) is 8.39. The van der Waals surface area contributed by atoms with Crippen molar-refractivity contribution in [3.05, 3.63) is 70.6 Å². The summed E-state index contributed by atoms with van der Waals surface area (Å²) in [7, 11) is 0. The van der Waals surface area contributed by atoms with E-state index in [1.807, 2.05) is 37.3 Å². The SMILES string of the molecule is CCCn1nc(C(=O)OCC(=O)N(c2ccccc2)C2CCCCC2)c2ccccc2c1=O. The molecule has 0 saturated heterocycles. The lowest BCUT2D eigenvalue weighted by atomic mass is 9.93. The molecule has 1 amide bonds. The zero-order valence-electron chi connectivity index (χ0n) is 18.9. The Morgan fingerprint density at radius 3 is 2.36 bits per heavy atom. The number of hydrogen-bond donors (Lipinski definition) is 0. The zero-order valence-corrected chi connectivity index (χ0v) is 18.9. The second kappa shape index (κ2) is 10.4. The van der Waals surface area contributed by atoms with Gasteiger partial charge in [0.25, 0.3) is 11.5 Å². The van der Waals surface area contributed by atoms with Crippen LogP contribution in [0, 0.1) is 0 Å². The lowest BCUT2D eigenvalue weighted by Gasteiger charge is -2.34. The van der Waals surface area contributed by atoms with Gasteiger partial charge in [-0.3, -0.25) is 9.59 Å². The smallest absolute Gasteiger partial charge is 0.359 e. The Labute approximate surface area is 193 Å². The number of aryl methyl sites for hydroxylation is 1. The third kappa shape index (κ3) is 4.97. The molecule has 1 heterocycles. The van der Waals surface area contributed by atoms with Crippen molar-refractivity contribution in [2.24, 2.45) is 0 Å². The van der Waals surface area contributed by atoms with Gasteiger partial charge in [-0.15, -0.1) is 0 Å². The van der Waals surface area contributed by atoms with Crippen molar-refractivity contribution in [2.75, 3.05) is 11.5 Å². The Balaban J connectivity index is 1.57. The number of para-hydroxylation sites is 1. The number of aromatic nitrogens is 2. The van der Waals surface area contributed by atoms with Crippen LogP contribution in [0.25, 0.3) is 10.8 Å². The molecule has 1 saturated carbocycles. The lowest BCUT2D eigenvalue weighted by molar-refractivity contribution is -0.122. The quantitative estimate of drug-likeness (QED) is 0.504. The summed E-state index contributed by atoms with van der Waals surface area (Å²) in [6.07, 6.45) is 5.90. The van der Waals surface area contributed by atoms with Gasteiger partial charge >= 0.3 is 5.97 Å². The van der Waals surface area contributed by atoms with Crippen molar-refractivity contribution in [3.8, 4) is 0 Å². The van der Waals surface area contributed by atoms with Crippen molar-refractivity contribution in [2.45, 2.75) is 58.0 Å². The van der Waals surface area contributed by atoms with Crippen LogP contribution in [0.15, 0.2) is 59.4 Å². The minimum absolute atomic E-state index is 0.0513. The predicted molar refractivity (Wildman–Crippen MR) is 127 cm³/mol. The Hall–Kier alpha value is -3.48. The number of fused-ring (bicyclic) bond motifs is 1. The van der Waals surface area contributed by atoms with E-state index in [4.69, 9.17) is 4.74 Å². The number of esters is 1. The van der Waals surface area contributed by atoms with Gasteiger partial charge < -0.3 is 9.64 Å². The molecule has 1 aromatic heterocycles. The molecule has 4 rings (SSSR count). The van der Waals surface area contributed by atoms with Gasteiger partial charge in [0, 0.05) is 23.7 Å². The van der Waals surface area contributed by atoms with E-state index in [1.54, 1.807) is 29.2 Å². The predicted octanol–water partition coefficient (Wildman–Crippen LogP) is 4.33. The second-order valence-electron chi connectivity index (χ2n) is 8.39. The molecule has 0 N–H and O–H groups in total. The molecule has 0 atom stereocenters. The van der Waals surface area contributed by atoms with E-state index in [2.05, 4.69) is 5.10 Å². The van der Waals surface area contributed by atoms with Gasteiger partial charge in [-0.1, -0.05) is 62.6 Å². The Bertz CT molecular complexity index is 1180. The molecule has 1 aliphatic carbocycles. The summed E-state index contributed by atoms with van der Waals surface area (Å²) in [5.41, 5.74) is 0.619. The first-order valence-corrected chi connectivity index (χ1v) is 11.6. The van der Waals surface area contributed by atoms with Gasteiger partial charge in [-0.05, 0) is 37.5 Å². The first-order chi connectivity index (χ1) is 16.1. The van der Waals surface area contributed by atoms with Crippen LogP contribution in [-0.2, 0) is 16.1 Å². The molecule has 0 aliphatic heterocycles. The van der Waals surface area contributed by atoms with Crippen LogP contribution in [0.3, 0.4) is 0 Å². The lowest BCUT2D eigenvalue weighted by Crippen LogP contribution is -2.44. The van der Waals surface area contributed by atoms with Crippen molar-refractivity contribution >= 4 is 28.3 Å². The molecule has 0 spiro atoms. The molecule has 7 heteroatoms. The summed E-state index contributed by atoms with van der Waals surface area (Å²) in [5, 5.41) is 5.11. The molecule has 2 aromatic carbocycles. The molecule has 7 nitrogen and oxygen atoms in total. The van der Waals surface area contributed by atoms with E-state index in [-0.39, 0.29) is 29.8 Å². The summed E-state index contributed by atoms with van der Waals surface area (Å²) >= 11 is 0. The maximum absolute atomic E-state index is 13.2.